The molecule has 0 spiro atoms. The van der Waals surface area contributed by atoms with Crippen molar-refractivity contribution < 1.29 is 0 Å². The number of benzene rings is 2. The summed E-state index contributed by atoms with van der Waals surface area (Å²) in [4.78, 5) is 6.83. The number of allylic oxidation sites excluding steroid dienone is 2. The van der Waals surface area contributed by atoms with Crippen molar-refractivity contribution in [1.29, 1.82) is 0 Å². The molecular weight excluding hydrogens is 342 g/mol. The van der Waals surface area contributed by atoms with Crippen molar-refractivity contribution in [3.8, 4) is 0 Å². The van der Waals surface area contributed by atoms with Gasteiger partial charge in [-0.05, 0) is 53.8 Å². The third-order valence-electron chi connectivity index (χ3n) is 5.20. The van der Waals surface area contributed by atoms with Crippen LogP contribution in [0.1, 0.15) is 24.0 Å². The van der Waals surface area contributed by atoms with Crippen LogP contribution in [0.2, 0.25) is 0 Å². The van der Waals surface area contributed by atoms with Crippen molar-refractivity contribution in [1.82, 2.24) is 4.90 Å². The first kappa shape index (κ1) is 20.2. The van der Waals surface area contributed by atoms with Gasteiger partial charge in [0.1, 0.15) is 0 Å². The van der Waals surface area contributed by atoms with Crippen molar-refractivity contribution in [2.24, 2.45) is 0 Å². The molecule has 0 saturated carbocycles. The van der Waals surface area contributed by atoms with Gasteiger partial charge in [-0.1, -0.05) is 42.5 Å². The van der Waals surface area contributed by atoms with Crippen molar-refractivity contribution in [2.75, 3.05) is 44.5 Å². The van der Waals surface area contributed by atoms with Gasteiger partial charge in [-0.3, -0.25) is 4.90 Å². The molecule has 1 aliphatic carbocycles. The van der Waals surface area contributed by atoms with Gasteiger partial charge in [-0.25, -0.2) is 0 Å². The monoisotopic (exact) mass is 375 g/mol. The molecule has 2 aromatic carbocycles. The van der Waals surface area contributed by atoms with Crippen LogP contribution in [0.25, 0.3) is 0 Å². The molecule has 1 aliphatic rings. The van der Waals surface area contributed by atoms with Crippen LogP contribution >= 0.6 is 0 Å². The molecule has 3 rings (SSSR count). The second-order valence-corrected chi connectivity index (χ2v) is 8.03. The summed E-state index contributed by atoms with van der Waals surface area (Å²) < 4.78 is 0. The number of nitrogens with zero attached hydrogens (tertiary/aromatic N) is 3. The number of hydrogen-bond acceptors (Lipinski definition) is 3. The van der Waals surface area contributed by atoms with E-state index in [-0.39, 0.29) is 0 Å². The molecule has 3 nitrogen and oxygen atoms in total. The highest BCUT2D eigenvalue weighted by molar-refractivity contribution is 5.47. The zero-order valence-corrected chi connectivity index (χ0v) is 17.7. The SMILES string of the molecule is CN(C)c1ccc(CN(CC2=CCCC=C2)Cc2ccc(N(C)C)cc2)cc1. The lowest BCUT2D eigenvalue weighted by molar-refractivity contribution is 0.281. The van der Waals surface area contributed by atoms with E-state index in [2.05, 4.69) is 110 Å². The summed E-state index contributed by atoms with van der Waals surface area (Å²) in [7, 11) is 8.34. The Balaban J connectivity index is 1.74. The molecule has 28 heavy (non-hydrogen) atoms. The molecule has 148 valence electrons. The molecule has 0 aromatic heterocycles. The summed E-state index contributed by atoms with van der Waals surface area (Å²) in [5, 5.41) is 0. The predicted octanol–water partition coefficient (Wildman–Crippen LogP) is 5.10. The van der Waals surface area contributed by atoms with Gasteiger partial charge in [0.05, 0.1) is 0 Å². The Morgan fingerprint density at radius 1 is 0.643 bits per heavy atom. The number of hydrogen-bond donors (Lipinski definition) is 0. The summed E-state index contributed by atoms with van der Waals surface area (Å²) >= 11 is 0. The molecule has 0 fully saturated rings. The van der Waals surface area contributed by atoms with Gasteiger partial charge in [0.15, 0.2) is 0 Å². The van der Waals surface area contributed by atoms with Gasteiger partial charge in [-0.2, -0.15) is 0 Å². The van der Waals surface area contributed by atoms with Gasteiger partial charge in [0.25, 0.3) is 0 Å². The Morgan fingerprint density at radius 3 is 1.54 bits per heavy atom. The van der Waals surface area contributed by atoms with E-state index in [4.69, 9.17) is 0 Å². The van der Waals surface area contributed by atoms with E-state index in [0.717, 1.165) is 26.1 Å². The van der Waals surface area contributed by atoms with Gasteiger partial charge in [0.2, 0.25) is 0 Å². The minimum Gasteiger partial charge on any atom is -0.378 e. The minimum atomic E-state index is 0.953. The van der Waals surface area contributed by atoms with Crippen LogP contribution in [0.5, 0.6) is 0 Å². The van der Waals surface area contributed by atoms with Gasteiger partial charge in [0, 0.05) is 59.2 Å². The highest BCUT2D eigenvalue weighted by Crippen LogP contribution is 2.19. The predicted molar refractivity (Wildman–Crippen MR) is 122 cm³/mol. The van der Waals surface area contributed by atoms with Gasteiger partial charge < -0.3 is 9.80 Å². The van der Waals surface area contributed by atoms with Gasteiger partial charge >= 0.3 is 0 Å². The third-order valence-corrected chi connectivity index (χ3v) is 5.20. The lowest BCUT2D eigenvalue weighted by atomic mass is 10.1. The second-order valence-electron chi connectivity index (χ2n) is 8.03. The molecule has 0 heterocycles. The molecule has 2 aromatic rings. The Morgan fingerprint density at radius 2 is 1.14 bits per heavy atom. The molecule has 0 bridgehead atoms. The highest BCUT2D eigenvalue weighted by atomic mass is 15.1. The average Bonchev–Trinajstić information content (AvgIpc) is 2.69. The summed E-state index contributed by atoms with van der Waals surface area (Å²) in [6.45, 7) is 2.89. The van der Waals surface area contributed by atoms with Crippen molar-refractivity contribution in [3.63, 3.8) is 0 Å². The molecule has 0 radical (unpaired) electrons. The fourth-order valence-corrected chi connectivity index (χ4v) is 3.53. The maximum absolute atomic E-state index is 2.54. The summed E-state index contributed by atoms with van der Waals surface area (Å²) in [6.07, 6.45) is 9.31. The van der Waals surface area contributed by atoms with E-state index in [1.54, 1.807) is 0 Å². The van der Waals surface area contributed by atoms with Gasteiger partial charge in [-0.15, -0.1) is 0 Å². The Hall–Kier alpha value is -2.52. The fraction of sp³-hybridized carbons (Fsp3) is 0.360. The van der Waals surface area contributed by atoms with Crippen molar-refractivity contribution in [2.45, 2.75) is 25.9 Å². The summed E-state index contributed by atoms with van der Waals surface area (Å²) in [5.41, 5.74) is 6.63. The number of anilines is 2. The molecule has 0 N–H and O–H groups in total. The average molecular weight is 376 g/mol. The summed E-state index contributed by atoms with van der Waals surface area (Å²) in [6, 6.07) is 17.8. The van der Waals surface area contributed by atoms with Crippen LogP contribution < -0.4 is 9.80 Å². The Bertz CT molecular complexity index is 745. The molecular formula is C25H33N3. The molecule has 0 unspecified atom stereocenters. The van der Waals surface area contributed by atoms with E-state index >= 15 is 0 Å². The second kappa shape index (κ2) is 9.61. The maximum atomic E-state index is 2.54. The molecule has 0 saturated heterocycles. The lowest BCUT2D eigenvalue weighted by Crippen LogP contribution is -2.25. The molecule has 0 atom stereocenters. The normalized spacial score (nSPS) is 13.5. The molecule has 3 heteroatoms. The van der Waals surface area contributed by atoms with E-state index in [1.165, 1.54) is 34.5 Å². The Labute approximate surface area is 170 Å². The zero-order chi connectivity index (χ0) is 19.9. The van der Waals surface area contributed by atoms with Crippen molar-refractivity contribution >= 4 is 11.4 Å². The topological polar surface area (TPSA) is 9.72 Å². The van der Waals surface area contributed by atoms with Crippen LogP contribution in [-0.4, -0.2) is 39.6 Å². The van der Waals surface area contributed by atoms with E-state index in [1.807, 2.05) is 0 Å². The summed E-state index contributed by atoms with van der Waals surface area (Å²) in [5.74, 6) is 0. The maximum Gasteiger partial charge on any atom is 0.0361 e. The standard InChI is InChI=1S/C25H33N3/c1-26(2)24-14-10-22(11-15-24)19-28(18-21-8-6-5-7-9-21)20-23-12-16-25(17-13-23)27(3)4/h6,8-17H,5,7,18-20H2,1-4H3. The fourth-order valence-electron chi connectivity index (χ4n) is 3.53. The highest BCUT2D eigenvalue weighted by Gasteiger charge is 2.11. The first-order valence-electron chi connectivity index (χ1n) is 10.1. The van der Waals surface area contributed by atoms with Crippen LogP contribution in [-0.2, 0) is 13.1 Å². The van der Waals surface area contributed by atoms with E-state index < -0.39 is 0 Å². The first-order chi connectivity index (χ1) is 13.5. The van der Waals surface area contributed by atoms with E-state index in [9.17, 15) is 0 Å². The van der Waals surface area contributed by atoms with Crippen LogP contribution in [0, 0.1) is 0 Å². The van der Waals surface area contributed by atoms with Crippen LogP contribution in [0.15, 0.2) is 72.3 Å². The molecule has 0 amide bonds. The smallest absolute Gasteiger partial charge is 0.0361 e. The van der Waals surface area contributed by atoms with Crippen molar-refractivity contribution in [3.05, 3.63) is 83.5 Å². The van der Waals surface area contributed by atoms with Crippen LogP contribution in [0.4, 0.5) is 11.4 Å². The minimum absolute atomic E-state index is 0.953. The molecule has 0 aliphatic heterocycles. The third kappa shape index (κ3) is 5.74. The van der Waals surface area contributed by atoms with Crippen LogP contribution in [0.3, 0.4) is 0 Å². The lowest BCUT2D eigenvalue weighted by Gasteiger charge is -2.25. The Kier molecular flexibility index (Phi) is 6.94. The first-order valence-corrected chi connectivity index (χ1v) is 10.1. The zero-order valence-electron chi connectivity index (χ0n) is 17.7. The largest absolute Gasteiger partial charge is 0.378 e. The number of rotatable bonds is 8. The quantitative estimate of drug-likeness (QED) is 0.636. The van der Waals surface area contributed by atoms with E-state index in [0.29, 0.717) is 0 Å².